The van der Waals surface area contributed by atoms with Crippen molar-refractivity contribution in [3.8, 4) is 11.5 Å². The predicted molar refractivity (Wildman–Crippen MR) is 124 cm³/mol. The Balaban J connectivity index is 1.52. The van der Waals surface area contributed by atoms with Gasteiger partial charge in [0, 0.05) is 38.3 Å². The molecule has 36 heavy (non-hydrogen) atoms. The second-order valence-corrected chi connectivity index (χ2v) is 8.59. The molecule has 0 fully saturated rings. The highest BCUT2D eigenvalue weighted by Crippen LogP contribution is 2.35. The van der Waals surface area contributed by atoms with Crippen LogP contribution in [0.25, 0.3) is 5.57 Å². The number of nitrogens with zero attached hydrogens (tertiary/aromatic N) is 2. The number of para-hydroxylation sites is 2. The van der Waals surface area contributed by atoms with Gasteiger partial charge in [-0.15, -0.1) is 13.2 Å². The van der Waals surface area contributed by atoms with E-state index in [0.717, 1.165) is 6.07 Å². The molecule has 1 atom stereocenters. The van der Waals surface area contributed by atoms with E-state index in [9.17, 15) is 27.6 Å². The summed E-state index contributed by atoms with van der Waals surface area (Å²) >= 11 is 0. The molecule has 1 N–H and O–H groups in total. The Labute approximate surface area is 205 Å². The van der Waals surface area contributed by atoms with E-state index < -0.39 is 30.0 Å². The third kappa shape index (κ3) is 5.61. The molecule has 0 aliphatic carbocycles. The summed E-state index contributed by atoms with van der Waals surface area (Å²) in [4.78, 5) is 40.4. The number of nitrogens with one attached hydrogen (secondary N) is 1. The second-order valence-electron chi connectivity index (χ2n) is 8.59. The lowest BCUT2D eigenvalue weighted by Gasteiger charge is -2.31. The highest BCUT2D eigenvalue weighted by molar-refractivity contribution is 6.00. The average Bonchev–Trinajstić information content (AvgIpc) is 2.83. The molecular weight excluding hydrogens is 479 g/mol. The van der Waals surface area contributed by atoms with Gasteiger partial charge in [-0.2, -0.15) is 0 Å². The molecule has 2 aliphatic rings. The van der Waals surface area contributed by atoms with E-state index in [1.807, 2.05) is 0 Å². The molecule has 2 aromatic carbocycles. The maximum Gasteiger partial charge on any atom is 0.573 e. The third-order valence-electron chi connectivity index (χ3n) is 5.78. The number of amides is 3. The number of benzene rings is 2. The van der Waals surface area contributed by atoms with Crippen molar-refractivity contribution in [3.05, 3.63) is 59.7 Å². The molecule has 11 heteroatoms. The molecule has 8 nitrogen and oxygen atoms in total. The number of carbonyl (C=O) groups excluding carboxylic acids is 3. The monoisotopic (exact) mass is 503 g/mol. The van der Waals surface area contributed by atoms with E-state index in [4.69, 9.17) is 4.74 Å². The SMILES string of the molecule is CN(C)C(=O)c1ccc(C2=CCCN(C(=O)CC3Oc4ccccc4NC3=O)C2)c(OC(F)(F)F)c1. The van der Waals surface area contributed by atoms with Crippen molar-refractivity contribution in [2.75, 3.05) is 32.5 Å². The van der Waals surface area contributed by atoms with Gasteiger partial charge in [-0.1, -0.05) is 24.3 Å². The zero-order chi connectivity index (χ0) is 26.0. The van der Waals surface area contributed by atoms with E-state index in [1.165, 1.54) is 36.0 Å². The molecule has 190 valence electrons. The molecule has 2 aromatic rings. The molecule has 2 aliphatic heterocycles. The molecule has 0 radical (unpaired) electrons. The summed E-state index contributed by atoms with van der Waals surface area (Å²) in [5, 5.41) is 2.70. The highest BCUT2D eigenvalue weighted by atomic mass is 19.4. The summed E-state index contributed by atoms with van der Waals surface area (Å²) < 4.78 is 49.3. The Morgan fingerprint density at radius 3 is 2.67 bits per heavy atom. The summed E-state index contributed by atoms with van der Waals surface area (Å²) in [6.45, 7) is 0.346. The largest absolute Gasteiger partial charge is 0.573 e. The van der Waals surface area contributed by atoms with Gasteiger partial charge in [-0.3, -0.25) is 14.4 Å². The van der Waals surface area contributed by atoms with Gasteiger partial charge in [0.25, 0.3) is 11.8 Å². The van der Waals surface area contributed by atoms with Crippen LogP contribution in [0.3, 0.4) is 0 Å². The van der Waals surface area contributed by atoms with Gasteiger partial charge in [0.1, 0.15) is 11.5 Å². The van der Waals surface area contributed by atoms with E-state index in [1.54, 1.807) is 30.3 Å². The van der Waals surface area contributed by atoms with Gasteiger partial charge < -0.3 is 24.6 Å². The van der Waals surface area contributed by atoms with E-state index in [-0.39, 0.29) is 30.0 Å². The van der Waals surface area contributed by atoms with Crippen LogP contribution in [0.15, 0.2) is 48.5 Å². The number of halogens is 3. The van der Waals surface area contributed by atoms with Crippen molar-refractivity contribution in [3.63, 3.8) is 0 Å². The van der Waals surface area contributed by atoms with E-state index in [2.05, 4.69) is 10.1 Å². The number of hydrogen-bond donors (Lipinski definition) is 1. The van der Waals surface area contributed by atoms with E-state index >= 15 is 0 Å². The third-order valence-corrected chi connectivity index (χ3v) is 5.78. The Kier molecular flexibility index (Phi) is 6.91. The van der Waals surface area contributed by atoms with Crippen LogP contribution in [-0.4, -0.2) is 67.2 Å². The Morgan fingerprint density at radius 2 is 1.94 bits per heavy atom. The van der Waals surface area contributed by atoms with Crippen LogP contribution in [-0.2, 0) is 9.59 Å². The van der Waals surface area contributed by atoms with Crippen molar-refractivity contribution >= 4 is 29.0 Å². The molecule has 2 heterocycles. The fraction of sp³-hybridized carbons (Fsp3) is 0.320. The van der Waals surface area contributed by atoms with Crippen molar-refractivity contribution < 1.29 is 37.0 Å². The summed E-state index contributed by atoms with van der Waals surface area (Å²) in [7, 11) is 2.98. The number of alkyl halides is 3. The summed E-state index contributed by atoms with van der Waals surface area (Å²) in [5.74, 6) is -1.37. The minimum absolute atomic E-state index is 0.0128. The lowest BCUT2D eigenvalue weighted by Crippen LogP contribution is -2.43. The molecule has 0 saturated carbocycles. The van der Waals surface area contributed by atoms with Crippen molar-refractivity contribution in [1.29, 1.82) is 0 Å². The first-order chi connectivity index (χ1) is 17.0. The topological polar surface area (TPSA) is 88.2 Å². The Bertz CT molecular complexity index is 1230. The second kappa shape index (κ2) is 9.92. The van der Waals surface area contributed by atoms with Crippen molar-refractivity contribution in [2.24, 2.45) is 0 Å². The molecule has 1 unspecified atom stereocenters. The normalized spacial score (nSPS) is 17.4. The van der Waals surface area contributed by atoms with E-state index in [0.29, 0.717) is 30.0 Å². The van der Waals surface area contributed by atoms with Crippen LogP contribution >= 0.6 is 0 Å². The first-order valence-electron chi connectivity index (χ1n) is 11.2. The van der Waals surface area contributed by atoms with Crippen LogP contribution in [0.1, 0.15) is 28.8 Å². The number of rotatable bonds is 5. The molecule has 0 bridgehead atoms. The minimum Gasteiger partial charge on any atom is -0.478 e. The van der Waals surface area contributed by atoms with Gasteiger partial charge >= 0.3 is 6.36 Å². The van der Waals surface area contributed by atoms with Crippen LogP contribution in [0.2, 0.25) is 0 Å². The Hall–Kier alpha value is -4.02. The molecule has 3 amide bonds. The number of ether oxygens (including phenoxy) is 2. The fourth-order valence-electron chi connectivity index (χ4n) is 4.05. The van der Waals surface area contributed by atoms with Crippen LogP contribution in [0, 0.1) is 0 Å². The maximum absolute atomic E-state index is 13.1. The van der Waals surface area contributed by atoms with Crippen molar-refractivity contribution in [2.45, 2.75) is 25.3 Å². The van der Waals surface area contributed by atoms with Crippen LogP contribution in [0.4, 0.5) is 18.9 Å². The molecule has 4 rings (SSSR count). The smallest absolute Gasteiger partial charge is 0.478 e. The molecular formula is C25H24F3N3O5. The Morgan fingerprint density at radius 1 is 1.19 bits per heavy atom. The van der Waals surface area contributed by atoms with Gasteiger partial charge in [0.2, 0.25) is 5.91 Å². The van der Waals surface area contributed by atoms with Crippen LogP contribution in [0.5, 0.6) is 11.5 Å². The summed E-state index contributed by atoms with van der Waals surface area (Å²) in [5.41, 5.74) is 1.12. The van der Waals surface area contributed by atoms with Gasteiger partial charge in [0.15, 0.2) is 6.10 Å². The quantitative estimate of drug-likeness (QED) is 0.673. The van der Waals surface area contributed by atoms with Crippen molar-refractivity contribution in [1.82, 2.24) is 9.80 Å². The summed E-state index contributed by atoms with van der Waals surface area (Å²) in [6.07, 6.45) is -4.10. The minimum atomic E-state index is -4.97. The maximum atomic E-state index is 13.1. The first-order valence-corrected chi connectivity index (χ1v) is 11.2. The number of fused-ring (bicyclic) bond motifs is 1. The highest BCUT2D eigenvalue weighted by Gasteiger charge is 2.35. The number of anilines is 1. The van der Waals surface area contributed by atoms with Crippen LogP contribution < -0.4 is 14.8 Å². The standard InChI is InChI=1S/C25H24F3N3O5/c1-30(2)24(34)15-9-10-17(20(12-15)36-25(26,27)28)16-6-5-11-31(14-16)22(32)13-21-23(33)29-18-7-3-4-8-19(18)35-21/h3-4,6-10,12,21H,5,11,13-14H2,1-2H3,(H,29,33). The lowest BCUT2D eigenvalue weighted by molar-refractivity contribution is -0.274. The zero-order valence-corrected chi connectivity index (χ0v) is 19.6. The van der Waals surface area contributed by atoms with Gasteiger partial charge in [-0.05, 0) is 36.3 Å². The summed E-state index contributed by atoms with van der Waals surface area (Å²) in [6, 6.07) is 10.7. The number of carbonyl (C=O) groups is 3. The fourth-order valence-corrected chi connectivity index (χ4v) is 4.05. The first kappa shape index (κ1) is 25.1. The number of hydrogen-bond acceptors (Lipinski definition) is 5. The average molecular weight is 503 g/mol. The van der Waals surface area contributed by atoms with Gasteiger partial charge in [-0.25, -0.2) is 0 Å². The lowest BCUT2D eigenvalue weighted by atomic mass is 9.98. The molecule has 0 aromatic heterocycles. The molecule has 0 spiro atoms. The zero-order valence-electron chi connectivity index (χ0n) is 19.6. The predicted octanol–water partition coefficient (Wildman–Crippen LogP) is 3.69. The van der Waals surface area contributed by atoms with Gasteiger partial charge in [0.05, 0.1) is 12.1 Å². The molecule has 0 saturated heterocycles.